The lowest BCUT2D eigenvalue weighted by atomic mass is 10.1. The molecule has 0 bridgehead atoms. The van der Waals surface area contributed by atoms with E-state index in [1.54, 1.807) is 12.1 Å². The Kier molecular flexibility index (Phi) is 8.29. The largest absolute Gasteiger partial charge is 0.482 e. The van der Waals surface area contributed by atoms with E-state index in [2.05, 4.69) is 0 Å². The number of ether oxygens (including phenoxy) is 4. The summed E-state index contributed by atoms with van der Waals surface area (Å²) in [6.45, 7) is 6.45. The lowest BCUT2D eigenvalue weighted by Gasteiger charge is -2.10. The van der Waals surface area contributed by atoms with Crippen molar-refractivity contribution in [1.29, 1.82) is 0 Å². The third-order valence-corrected chi connectivity index (χ3v) is 4.35. The minimum atomic E-state index is -0.558. The molecule has 0 aromatic heterocycles. The van der Waals surface area contributed by atoms with Crippen LogP contribution in [0.3, 0.4) is 0 Å². The Morgan fingerprint density at radius 3 is 2.21 bits per heavy atom. The quantitative estimate of drug-likeness (QED) is 0.354. The average Bonchev–Trinajstić information content (AvgIpc) is 2.68. The number of benzene rings is 2. The van der Waals surface area contributed by atoms with E-state index in [0.29, 0.717) is 35.3 Å². The number of esters is 2. The molecule has 2 aromatic rings. The number of aryl methyl sites for hydroxylation is 2. The lowest BCUT2D eigenvalue weighted by Crippen LogP contribution is -2.18. The Bertz CT molecular complexity index is 793. The Hall–Kier alpha value is -2.57. The van der Waals surface area contributed by atoms with Crippen LogP contribution in [0.2, 0.25) is 5.02 Å². The molecule has 6 nitrogen and oxygen atoms in total. The molecule has 2 aromatic carbocycles. The minimum Gasteiger partial charge on any atom is -0.482 e. The number of hydrogen-bond acceptors (Lipinski definition) is 6. The SMILES string of the molecule is CCOCCOC(=O)c1ccc(OC(=O)COc2cc(C)c(Cl)c(C)c2)cc1. The molecule has 2 rings (SSSR count). The molecule has 0 heterocycles. The highest BCUT2D eigenvalue weighted by Crippen LogP contribution is 2.25. The summed E-state index contributed by atoms with van der Waals surface area (Å²) in [5.41, 5.74) is 2.10. The molecule has 0 unspecified atom stereocenters. The van der Waals surface area contributed by atoms with Crippen LogP contribution in [0.1, 0.15) is 28.4 Å². The Morgan fingerprint density at radius 2 is 1.61 bits per heavy atom. The Morgan fingerprint density at radius 1 is 0.964 bits per heavy atom. The van der Waals surface area contributed by atoms with E-state index in [4.69, 9.17) is 30.5 Å². The first-order valence-corrected chi connectivity index (χ1v) is 9.23. The highest BCUT2D eigenvalue weighted by atomic mass is 35.5. The predicted octanol–water partition coefficient (Wildman–Crippen LogP) is 4.13. The van der Waals surface area contributed by atoms with Crippen LogP contribution in [-0.2, 0) is 14.3 Å². The van der Waals surface area contributed by atoms with Gasteiger partial charge in [0.1, 0.15) is 18.1 Å². The summed E-state index contributed by atoms with van der Waals surface area (Å²) in [7, 11) is 0. The fourth-order valence-electron chi connectivity index (χ4n) is 2.37. The third-order valence-electron chi connectivity index (χ3n) is 3.75. The topological polar surface area (TPSA) is 71.1 Å². The Balaban J connectivity index is 1.83. The van der Waals surface area contributed by atoms with Crippen molar-refractivity contribution >= 4 is 23.5 Å². The van der Waals surface area contributed by atoms with Crippen molar-refractivity contribution < 1.29 is 28.5 Å². The van der Waals surface area contributed by atoms with Crippen molar-refractivity contribution in [3.8, 4) is 11.5 Å². The van der Waals surface area contributed by atoms with Gasteiger partial charge in [0.15, 0.2) is 6.61 Å². The summed E-state index contributed by atoms with van der Waals surface area (Å²) in [4.78, 5) is 23.8. The summed E-state index contributed by atoms with van der Waals surface area (Å²) in [6.07, 6.45) is 0. The normalized spacial score (nSPS) is 10.4. The van der Waals surface area contributed by atoms with E-state index in [-0.39, 0.29) is 13.2 Å². The number of halogens is 1. The molecule has 0 aliphatic rings. The van der Waals surface area contributed by atoms with Gasteiger partial charge in [-0.05, 0) is 68.3 Å². The summed E-state index contributed by atoms with van der Waals surface area (Å²) in [6, 6.07) is 9.61. The van der Waals surface area contributed by atoms with Crippen LogP contribution in [0.15, 0.2) is 36.4 Å². The van der Waals surface area contributed by atoms with E-state index in [1.165, 1.54) is 24.3 Å². The highest BCUT2D eigenvalue weighted by Gasteiger charge is 2.11. The maximum atomic E-state index is 12.0. The van der Waals surface area contributed by atoms with Crippen molar-refractivity contribution in [2.24, 2.45) is 0 Å². The maximum Gasteiger partial charge on any atom is 0.349 e. The van der Waals surface area contributed by atoms with Crippen molar-refractivity contribution in [2.45, 2.75) is 20.8 Å². The fraction of sp³-hybridized carbons (Fsp3) is 0.333. The van der Waals surface area contributed by atoms with E-state index < -0.39 is 11.9 Å². The van der Waals surface area contributed by atoms with Crippen molar-refractivity contribution in [1.82, 2.24) is 0 Å². The molecule has 150 valence electrons. The molecule has 0 saturated carbocycles. The first-order valence-electron chi connectivity index (χ1n) is 8.86. The molecule has 0 atom stereocenters. The van der Waals surface area contributed by atoms with Crippen LogP contribution >= 0.6 is 11.6 Å². The molecule has 7 heteroatoms. The van der Waals surface area contributed by atoms with Crippen LogP contribution in [0.4, 0.5) is 0 Å². The molecule has 0 amide bonds. The van der Waals surface area contributed by atoms with Gasteiger partial charge < -0.3 is 18.9 Å². The second kappa shape index (κ2) is 10.7. The van der Waals surface area contributed by atoms with Gasteiger partial charge in [-0.2, -0.15) is 0 Å². The zero-order valence-electron chi connectivity index (χ0n) is 16.1. The number of carbonyl (C=O) groups excluding carboxylic acids is 2. The predicted molar refractivity (Wildman–Crippen MR) is 105 cm³/mol. The molecule has 28 heavy (non-hydrogen) atoms. The summed E-state index contributed by atoms with van der Waals surface area (Å²) >= 11 is 6.11. The molecule has 0 aliphatic carbocycles. The van der Waals surface area contributed by atoms with Gasteiger partial charge >= 0.3 is 11.9 Å². The lowest BCUT2D eigenvalue weighted by molar-refractivity contribution is -0.136. The monoisotopic (exact) mass is 406 g/mol. The first-order chi connectivity index (χ1) is 13.4. The van der Waals surface area contributed by atoms with Crippen LogP contribution < -0.4 is 9.47 Å². The maximum absolute atomic E-state index is 12.0. The van der Waals surface area contributed by atoms with Gasteiger partial charge in [0.2, 0.25) is 0 Å². The van der Waals surface area contributed by atoms with Crippen molar-refractivity contribution in [3.63, 3.8) is 0 Å². The van der Waals surface area contributed by atoms with Gasteiger partial charge in [0.05, 0.1) is 12.2 Å². The van der Waals surface area contributed by atoms with Crippen molar-refractivity contribution in [3.05, 3.63) is 58.1 Å². The second-order valence-electron chi connectivity index (χ2n) is 5.99. The fourth-order valence-corrected chi connectivity index (χ4v) is 2.48. The average molecular weight is 407 g/mol. The van der Waals surface area contributed by atoms with Crippen molar-refractivity contribution in [2.75, 3.05) is 26.4 Å². The van der Waals surface area contributed by atoms with E-state index in [1.807, 2.05) is 20.8 Å². The molecular formula is C21H23ClO6. The molecule has 0 aliphatic heterocycles. The van der Waals surface area contributed by atoms with Gasteiger partial charge in [-0.1, -0.05) is 11.6 Å². The van der Waals surface area contributed by atoms with E-state index >= 15 is 0 Å². The van der Waals surface area contributed by atoms with E-state index in [9.17, 15) is 9.59 Å². The molecule has 0 saturated heterocycles. The molecule has 0 fully saturated rings. The summed E-state index contributed by atoms with van der Waals surface area (Å²) in [5.74, 6) is -0.170. The molecule has 0 radical (unpaired) electrons. The highest BCUT2D eigenvalue weighted by molar-refractivity contribution is 6.32. The van der Waals surface area contributed by atoms with Gasteiger partial charge in [-0.3, -0.25) is 0 Å². The zero-order chi connectivity index (χ0) is 20.5. The second-order valence-corrected chi connectivity index (χ2v) is 6.37. The first kappa shape index (κ1) is 21.7. The summed E-state index contributed by atoms with van der Waals surface area (Å²) in [5, 5.41) is 0.673. The number of rotatable bonds is 9. The van der Waals surface area contributed by atoms with Crippen LogP contribution in [0, 0.1) is 13.8 Å². The van der Waals surface area contributed by atoms with Crippen LogP contribution in [0.25, 0.3) is 0 Å². The van der Waals surface area contributed by atoms with Gasteiger partial charge in [0, 0.05) is 11.6 Å². The molecule has 0 spiro atoms. The van der Waals surface area contributed by atoms with Crippen LogP contribution in [-0.4, -0.2) is 38.4 Å². The minimum absolute atomic E-state index is 0.185. The van der Waals surface area contributed by atoms with Gasteiger partial charge in [-0.15, -0.1) is 0 Å². The number of carbonyl (C=O) groups is 2. The van der Waals surface area contributed by atoms with Gasteiger partial charge in [-0.25, -0.2) is 9.59 Å². The third kappa shape index (κ3) is 6.55. The molecule has 0 N–H and O–H groups in total. The number of hydrogen-bond donors (Lipinski definition) is 0. The standard InChI is InChI=1S/C21H23ClO6/c1-4-25-9-10-26-21(24)16-5-7-17(8-6-16)28-19(23)13-27-18-11-14(2)20(22)15(3)12-18/h5-8,11-12H,4,9-10,13H2,1-3H3. The Labute approximate surface area is 169 Å². The summed E-state index contributed by atoms with van der Waals surface area (Å²) < 4.78 is 20.8. The van der Waals surface area contributed by atoms with Crippen LogP contribution in [0.5, 0.6) is 11.5 Å². The van der Waals surface area contributed by atoms with Gasteiger partial charge in [0.25, 0.3) is 0 Å². The van der Waals surface area contributed by atoms with E-state index in [0.717, 1.165) is 11.1 Å². The molecular weight excluding hydrogens is 384 g/mol. The smallest absolute Gasteiger partial charge is 0.349 e. The zero-order valence-corrected chi connectivity index (χ0v) is 16.9.